The molecule has 1 unspecified atom stereocenters. The lowest BCUT2D eigenvalue weighted by Crippen LogP contribution is -2.30. The molecule has 0 aliphatic heterocycles. The number of esters is 1. The van der Waals surface area contributed by atoms with Crippen LogP contribution in [0.3, 0.4) is 0 Å². The van der Waals surface area contributed by atoms with E-state index in [-0.39, 0.29) is 4.90 Å². The molecule has 1 aliphatic rings. The molecule has 0 bridgehead atoms. The van der Waals surface area contributed by atoms with E-state index in [4.69, 9.17) is 14.9 Å². The van der Waals surface area contributed by atoms with E-state index in [0.29, 0.717) is 28.6 Å². The number of carbonyl (C=O) groups is 2. The van der Waals surface area contributed by atoms with Crippen molar-refractivity contribution in [2.24, 2.45) is 5.14 Å². The molecule has 4 aromatic rings. The molecule has 0 spiro atoms. The van der Waals surface area contributed by atoms with Crippen LogP contribution in [0.1, 0.15) is 40.5 Å². The summed E-state index contributed by atoms with van der Waals surface area (Å²) in [5, 5.41) is 8.41. The van der Waals surface area contributed by atoms with Crippen molar-refractivity contribution in [2.45, 2.75) is 30.8 Å². The highest BCUT2D eigenvalue weighted by molar-refractivity contribution is 7.89. The quantitative estimate of drug-likeness (QED) is 0.354. The number of primary sulfonamides is 1. The number of anilines is 1. The van der Waals surface area contributed by atoms with Gasteiger partial charge in [-0.3, -0.25) is 4.79 Å². The van der Waals surface area contributed by atoms with Crippen molar-refractivity contribution in [1.29, 1.82) is 0 Å². The first-order chi connectivity index (χ1) is 18.2. The number of benzene rings is 3. The molecule has 0 radical (unpaired) electrons. The number of allylic oxidation sites excluding steroid dienone is 1. The number of fused-ring (bicyclic) bond motifs is 2. The lowest BCUT2D eigenvalue weighted by atomic mass is 10.0. The Hall–Kier alpha value is -4.34. The number of nitrogens with two attached hydrogens (primary N) is 1. The van der Waals surface area contributed by atoms with Crippen LogP contribution in [0.2, 0.25) is 0 Å². The second kappa shape index (κ2) is 10.2. The molecule has 9 heteroatoms. The number of nitrogens with one attached hydrogen (secondary N) is 1. The number of rotatable bonds is 6. The maximum absolute atomic E-state index is 13.5. The Morgan fingerprint density at radius 2 is 1.66 bits per heavy atom. The zero-order chi connectivity index (χ0) is 26.9. The van der Waals surface area contributed by atoms with Gasteiger partial charge in [-0.1, -0.05) is 48.5 Å². The Kier molecular flexibility index (Phi) is 6.79. The van der Waals surface area contributed by atoms with Gasteiger partial charge < -0.3 is 10.1 Å². The molecule has 1 atom stereocenters. The molecule has 1 aliphatic carbocycles. The zero-order valence-corrected chi connectivity index (χ0v) is 21.4. The summed E-state index contributed by atoms with van der Waals surface area (Å²) in [7, 11) is -3.85. The predicted octanol–water partition coefficient (Wildman–Crippen LogP) is 4.55. The summed E-state index contributed by atoms with van der Waals surface area (Å²) < 4.78 is 28.5. The van der Waals surface area contributed by atoms with Gasteiger partial charge in [-0.25, -0.2) is 23.3 Å². The number of sulfonamides is 1. The third kappa shape index (κ3) is 5.20. The fraction of sp³-hybridized carbons (Fsp3) is 0.138. The van der Waals surface area contributed by atoms with Crippen molar-refractivity contribution in [3.05, 3.63) is 101 Å². The molecule has 192 valence electrons. The summed E-state index contributed by atoms with van der Waals surface area (Å²) in [6, 6.07) is 22.7. The monoisotopic (exact) mass is 527 g/mol. The van der Waals surface area contributed by atoms with Crippen molar-refractivity contribution < 1.29 is 22.7 Å². The topological polar surface area (TPSA) is 128 Å². The average molecular weight is 528 g/mol. The van der Waals surface area contributed by atoms with Gasteiger partial charge in [0.15, 0.2) is 6.10 Å². The summed E-state index contributed by atoms with van der Waals surface area (Å²) >= 11 is 0. The van der Waals surface area contributed by atoms with Crippen LogP contribution in [0.25, 0.3) is 22.6 Å². The van der Waals surface area contributed by atoms with Gasteiger partial charge >= 0.3 is 5.97 Å². The van der Waals surface area contributed by atoms with Crippen LogP contribution in [0.15, 0.2) is 83.8 Å². The molecule has 0 saturated carbocycles. The van der Waals surface area contributed by atoms with Gasteiger partial charge in [-0.15, -0.1) is 0 Å². The van der Waals surface area contributed by atoms with Gasteiger partial charge in [0.05, 0.1) is 21.7 Å². The summed E-state index contributed by atoms with van der Waals surface area (Å²) in [4.78, 5) is 31.0. The molecule has 5 rings (SSSR count). The van der Waals surface area contributed by atoms with E-state index in [1.165, 1.54) is 31.2 Å². The van der Waals surface area contributed by atoms with Crippen LogP contribution in [0.5, 0.6) is 0 Å². The number of hydrogen-bond acceptors (Lipinski definition) is 6. The van der Waals surface area contributed by atoms with Gasteiger partial charge in [0, 0.05) is 11.1 Å². The van der Waals surface area contributed by atoms with Gasteiger partial charge in [-0.05, 0) is 72.9 Å². The van der Waals surface area contributed by atoms with E-state index >= 15 is 0 Å². The summed E-state index contributed by atoms with van der Waals surface area (Å²) in [6.45, 7) is 1.48. The molecule has 8 nitrogen and oxygen atoms in total. The standard InChI is InChI=1S/C29H25N3O5S/c1-18(28(33)31-21-12-14-22(15-13-21)38(30,35)36)37-29(34)26-23-9-5-6-10-25(23)32-27-20(11-16-24(26)27)17-19-7-3-2-4-8-19/h2-10,12-15,17-18H,11,16H2,1H3,(H,31,33)(H2,30,35,36)/b20-17+. The van der Waals surface area contributed by atoms with E-state index < -0.39 is 28.0 Å². The van der Waals surface area contributed by atoms with Crippen molar-refractivity contribution in [2.75, 3.05) is 5.32 Å². The van der Waals surface area contributed by atoms with Crippen LogP contribution in [0.4, 0.5) is 5.69 Å². The highest BCUT2D eigenvalue weighted by atomic mass is 32.2. The van der Waals surface area contributed by atoms with Crippen LogP contribution in [-0.2, 0) is 26.0 Å². The molecule has 1 amide bonds. The summed E-state index contributed by atoms with van der Waals surface area (Å²) in [6.07, 6.45) is 2.34. The minimum atomic E-state index is -3.85. The Morgan fingerprint density at radius 1 is 0.974 bits per heavy atom. The lowest BCUT2D eigenvalue weighted by Gasteiger charge is -2.16. The number of hydrogen-bond donors (Lipinski definition) is 2. The highest BCUT2D eigenvalue weighted by Crippen LogP contribution is 2.38. The molecule has 0 saturated heterocycles. The van der Waals surface area contributed by atoms with E-state index in [9.17, 15) is 18.0 Å². The van der Waals surface area contributed by atoms with Crippen LogP contribution < -0.4 is 10.5 Å². The number of ether oxygens (including phenoxy) is 1. The molecule has 3 aromatic carbocycles. The number of nitrogens with zero attached hydrogens (tertiary/aromatic N) is 1. The molecular weight excluding hydrogens is 502 g/mol. The first-order valence-electron chi connectivity index (χ1n) is 12.0. The van der Waals surface area contributed by atoms with Gasteiger partial charge in [0.2, 0.25) is 10.0 Å². The lowest BCUT2D eigenvalue weighted by molar-refractivity contribution is -0.123. The van der Waals surface area contributed by atoms with E-state index in [1.54, 1.807) is 0 Å². The largest absolute Gasteiger partial charge is 0.449 e. The van der Waals surface area contributed by atoms with Crippen molar-refractivity contribution >= 4 is 50.1 Å². The Labute approximate surface area is 220 Å². The molecular formula is C29H25N3O5S. The summed E-state index contributed by atoms with van der Waals surface area (Å²) in [5.74, 6) is -1.16. The SMILES string of the molecule is CC(OC(=O)c1c2c(nc3ccccc13)/C(=C/c1ccccc1)CC2)C(=O)Nc1ccc(S(N)(=O)=O)cc1. The number of para-hydroxylation sites is 1. The van der Waals surface area contributed by atoms with Crippen molar-refractivity contribution in [3.8, 4) is 0 Å². The first-order valence-corrected chi connectivity index (χ1v) is 13.6. The van der Waals surface area contributed by atoms with Gasteiger partial charge in [0.25, 0.3) is 5.91 Å². The van der Waals surface area contributed by atoms with E-state index in [2.05, 4.69) is 11.4 Å². The minimum Gasteiger partial charge on any atom is -0.449 e. The van der Waals surface area contributed by atoms with Gasteiger partial charge in [-0.2, -0.15) is 0 Å². The maximum atomic E-state index is 13.5. The van der Waals surface area contributed by atoms with Crippen LogP contribution in [-0.4, -0.2) is 31.4 Å². The third-order valence-electron chi connectivity index (χ3n) is 6.39. The zero-order valence-electron chi connectivity index (χ0n) is 20.5. The number of carbonyl (C=O) groups excluding carboxylic acids is 2. The fourth-order valence-electron chi connectivity index (χ4n) is 4.51. The fourth-order valence-corrected chi connectivity index (χ4v) is 5.02. The number of aromatic nitrogens is 1. The number of pyridine rings is 1. The molecule has 3 N–H and O–H groups in total. The van der Waals surface area contributed by atoms with Gasteiger partial charge in [0.1, 0.15) is 0 Å². The van der Waals surface area contributed by atoms with Crippen molar-refractivity contribution in [3.63, 3.8) is 0 Å². The van der Waals surface area contributed by atoms with E-state index in [0.717, 1.165) is 28.8 Å². The first kappa shape index (κ1) is 25.3. The molecule has 1 aromatic heterocycles. The minimum absolute atomic E-state index is 0.0749. The Bertz CT molecular complexity index is 1680. The number of amides is 1. The maximum Gasteiger partial charge on any atom is 0.339 e. The highest BCUT2D eigenvalue weighted by Gasteiger charge is 2.29. The van der Waals surface area contributed by atoms with Crippen LogP contribution >= 0.6 is 0 Å². The normalized spacial score (nSPS) is 14.7. The second-order valence-electron chi connectivity index (χ2n) is 9.02. The Balaban J connectivity index is 1.41. The smallest absolute Gasteiger partial charge is 0.339 e. The van der Waals surface area contributed by atoms with Crippen LogP contribution in [0, 0.1) is 0 Å². The van der Waals surface area contributed by atoms with E-state index in [1.807, 2.05) is 54.6 Å². The predicted molar refractivity (Wildman–Crippen MR) is 146 cm³/mol. The third-order valence-corrected chi connectivity index (χ3v) is 7.32. The average Bonchev–Trinajstić information content (AvgIpc) is 3.29. The Morgan fingerprint density at radius 3 is 2.37 bits per heavy atom. The second-order valence-corrected chi connectivity index (χ2v) is 10.6. The molecule has 38 heavy (non-hydrogen) atoms. The summed E-state index contributed by atoms with van der Waals surface area (Å²) in [5.41, 5.74) is 5.10. The molecule has 1 heterocycles. The molecule has 0 fully saturated rings. The van der Waals surface area contributed by atoms with Crippen molar-refractivity contribution in [1.82, 2.24) is 4.98 Å².